The average molecular weight is 570 g/mol. The number of halogens is 2. The highest BCUT2D eigenvalue weighted by Gasteiger charge is 2.53. The number of thioether (sulfide) groups is 1. The van der Waals surface area contributed by atoms with Crippen molar-refractivity contribution >= 4 is 69.6 Å². The third-order valence-corrected chi connectivity index (χ3v) is 7.80. The molecule has 2 aliphatic heterocycles. The van der Waals surface area contributed by atoms with Crippen LogP contribution in [-0.4, -0.2) is 68.0 Å². The fourth-order valence-electron chi connectivity index (χ4n) is 3.57. The maximum atomic E-state index is 13.6. The van der Waals surface area contributed by atoms with E-state index in [9.17, 15) is 23.6 Å². The van der Waals surface area contributed by atoms with E-state index in [-0.39, 0.29) is 27.4 Å². The molecule has 194 valence electrons. The van der Waals surface area contributed by atoms with E-state index in [1.54, 1.807) is 10.8 Å². The Balaban J connectivity index is 1.54. The van der Waals surface area contributed by atoms with Gasteiger partial charge in [-0.1, -0.05) is 28.1 Å². The van der Waals surface area contributed by atoms with Gasteiger partial charge in [-0.3, -0.25) is 19.3 Å². The number of rotatable bonds is 9. The van der Waals surface area contributed by atoms with E-state index in [2.05, 4.69) is 15.5 Å². The highest BCUT2D eigenvalue weighted by atomic mass is 35.5. The Morgan fingerprint density at radius 2 is 2.30 bits per heavy atom. The smallest absolute Gasteiger partial charge is 0.347 e. The summed E-state index contributed by atoms with van der Waals surface area (Å²) >= 11 is 8.29. The quantitative estimate of drug-likeness (QED) is 0.128. The molecule has 1 saturated heterocycles. The molecule has 3 atom stereocenters. The van der Waals surface area contributed by atoms with Crippen molar-refractivity contribution in [1.82, 2.24) is 15.2 Å². The molecule has 1 fully saturated rings. The Bertz CT molecular complexity index is 1350. The number of β-lactam (4-membered cyclic amide) rings is 1. The molecule has 0 aromatic carbocycles. The second-order valence-electron chi connectivity index (χ2n) is 7.86. The van der Waals surface area contributed by atoms with E-state index in [0.717, 1.165) is 11.3 Å². The van der Waals surface area contributed by atoms with Gasteiger partial charge in [-0.2, -0.15) is 4.57 Å². The lowest BCUT2D eigenvalue weighted by Crippen LogP contribution is -2.70. The topological polar surface area (TPSA) is 168 Å². The second kappa shape index (κ2) is 10.8. The predicted molar refractivity (Wildman–Crippen MR) is 131 cm³/mol. The number of oxime groups is 1. The summed E-state index contributed by atoms with van der Waals surface area (Å²) in [6.45, 7) is 1.41. The normalized spacial score (nSPS) is 20.1. The van der Waals surface area contributed by atoms with Gasteiger partial charge in [-0.15, -0.1) is 11.8 Å². The van der Waals surface area contributed by atoms with Crippen LogP contribution in [0.5, 0.6) is 0 Å². The number of nitrogens with zero attached hydrogens (tertiary/aromatic N) is 4. The molecule has 0 saturated carbocycles. The molecule has 12 nitrogen and oxygen atoms in total. The monoisotopic (exact) mass is 569 g/mol. The maximum Gasteiger partial charge on any atom is 0.347 e. The molecule has 0 aliphatic carbocycles. The Morgan fingerprint density at radius 3 is 2.92 bits per heavy atom. The molecule has 4 rings (SSSR count). The molecule has 2 aliphatic rings. The molecule has 4 N–H and O–H groups in total. The summed E-state index contributed by atoms with van der Waals surface area (Å²) < 4.78 is 15.1. The molecule has 37 heavy (non-hydrogen) atoms. The fourth-order valence-corrected chi connectivity index (χ4v) is 5.85. The number of amides is 2. The number of thiazole rings is 1. The van der Waals surface area contributed by atoms with Crippen molar-refractivity contribution in [2.75, 3.05) is 11.5 Å². The first-order valence-corrected chi connectivity index (χ1v) is 12.8. The molecule has 0 bridgehead atoms. The van der Waals surface area contributed by atoms with E-state index >= 15 is 0 Å². The van der Waals surface area contributed by atoms with Gasteiger partial charge in [0, 0.05) is 17.4 Å². The molecular weight excluding hydrogens is 551 g/mol. The van der Waals surface area contributed by atoms with Gasteiger partial charge >= 0.3 is 5.97 Å². The highest BCUT2D eigenvalue weighted by molar-refractivity contribution is 8.00. The maximum absolute atomic E-state index is 13.6. The number of nitrogens with two attached hydrogens (primary N) is 1. The fraction of sp³-hybridized carbons (Fsp3) is 0.286. The minimum Gasteiger partial charge on any atom is -0.478 e. The van der Waals surface area contributed by atoms with Crippen molar-refractivity contribution in [3.63, 3.8) is 0 Å². The molecule has 0 radical (unpaired) electrons. The van der Waals surface area contributed by atoms with Gasteiger partial charge in [-0.05, 0) is 13.0 Å². The van der Waals surface area contributed by atoms with Gasteiger partial charge in [-0.25, -0.2) is 14.2 Å². The van der Waals surface area contributed by atoms with Gasteiger partial charge in [0.2, 0.25) is 12.3 Å². The van der Waals surface area contributed by atoms with Gasteiger partial charge in [0.1, 0.15) is 21.4 Å². The van der Waals surface area contributed by atoms with Crippen LogP contribution in [0, 0.1) is 5.82 Å². The predicted octanol–water partition coefficient (Wildman–Crippen LogP) is 0.552. The standard InChI is InChI=1S/C21H18ClFN6O6S2/c1-9(20(33)34)35-27-14(13-16(22)37-21(24)26-13)17(31)25-15-18(32)29-12(7-30)10(8-36-19(15)29)5-28-4-2-3-11(23)6-28/h2-4,6-7,9,15,19H,5,8H2,1H3,(H3-,24,25,26,31,33,34)/p+1/b27-14-/t9-,15?,19?/m0/s1. The zero-order valence-electron chi connectivity index (χ0n) is 19.0. The summed E-state index contributed by atoms with van der Waals surface area (Å²) in [5.74, 6) is -2.86. The number of nitrogens with one attached hydrogen (secondary N) is 1. The third kappa shape index (κ3) is 5.42. The van der Waals surface area contributed by atoms with Crippen LogP contribution in [0.1, 0.15) is 12.6 Å². The summed E-state index contributed by atoms with van der Waals surface area (Å²) in [5, 5.41) is 14.6. The van der Waals surface area contributed by atoms with Crippen LogP contribution >= 0.6 is 34.7 Å². The number of anilines is 1. The second-order valence-corrected chi connectivity index (χ2v) is 10.6. The van der Waals surface area contributed by atoms with Crippen molar-refractivity contribution < 1.29 is 38.1 Å². The molecule has 2 aromatic heterocycles. The number of aliphatic carboxylic acids is 1. The molecule has 2 aromatic rings. The van der Waals surface area contributed by atoms with Crippen molar-refractivity contribution in [3.05, 3.63) is 51.6 Å². The first kappa shape index (κ1) is 26.5. The number of carbonyl (C=O) groups excluding carboxylic acids is 3. The highest BCUT2D eigenvalue weighted by Crippen LogP contribution is 2.39. The van der Waals surface area contributed by atoms with Crippen molar-refractivity contribution in [2.24, 2.45) is 5.16 Å². The number of aldehydes is 1. The zero-order chi connectivity index (χ0) is 26.9. The van der Waals surface area contributed by atoms with Crippen LogP contribution in [0.3, 0.4) is 0 Å². The van der Waals surface area contributed by atoms with Crippen molar-refractivity contribution in [2.45, 2.75) is 31.0 Å². The van der Waals surface area contributed by atoms with Gasteiger partial charge in [0.25, 0.3) is 11.8 Å². The zero-order valence-corrected chi connectivity index (χ0v) is 21.3. The number of fused-ring (bicyclic) bond motifs is 1. The van der Waals surface area contributed by atoms with Crippen LogP contribution in [0.2, 0.25) is 4.34 Å². The molecule has 2 amide bonds. The lowest BCUT2D eigenvalue weighted by molar-refractivity contribution is -0.690. The van der Waals surface area contributed by atoms with Gasteiger partial charge in [0.05, 0.1) is 5.70 Å². The molecule has 0 spiro atoms. The van der Waals surface area contributed by atoms with Crippen LogP contribution in [0.15, 0.2) is 41.0 Å². The summed E-state index contributed by atoms with van der Waals surface area (Å²) in [5.41, 5.74) is 5.82. The van der Waals surface area contributed by atoms with Crippen LogP contribution in [-0.2, 0) is 30.6 Å². The number of pyridine rings is 1. The molecule has 4 heterocycles. The molecular formula is C21H19ClFN6O6S2+. The summed E-state index contributed by atoms with van der Waals surface area (Å²) in [6.07, 6.45) is 2.09. The molecule has 16 heteroatoms. The van der Waals surface area contributed by atoms with E-state index in [4.69, 9.17) is 27.3 Å². The number of hydrogen-bond donors (Lipinski definition) is 3. The Kier molecular flexibility index (Phi) is 7.75. The number of allylic oxidation sites excluding steroid dienone is 1. The number of carbonyl (C=O) groups is 4. The largest absolute Gasteiger partial charge is 0.478 e. The number of carboxylic acid groups (broad SMARTS) is 1. The van der Waals surface area contributed by atoms with Crippen LogP contribution < -0.4 is 15.6 Å². The Hall–Kier alpha value is -3.56. The lowest BCUT2D eigenvalue weighted by Gasteiger charge is -2.49. The summed E-state index contributed by atoms with van der Waals surface area (Å²) in [6, 6.07) is 1.80. The van der Waals surface area contributed by atoms with Gasteiger partial charge < -0.3 is 21.0 Å². The van der Waals surface area contributed by atoms with E-state index < -0.39 is 46.8 Å². The summed E-state index contributed by atoms with van der Waals surface area (Å²) in [7, 11) is 0. The third-order valence-electron chi connectivity index (χ3n) is 5.38. The van der Waals surface area contributed by atoms with Crippen LogP contribution in [0.25, 0.3) is 0 Å². The Morgan fingerprint density at radius 1 is 1.54 bits per heavy atom. The minimum atomic E-state index is -1.39. The van der Waals surface area contributed by atoms with E-state index in [1.807, 2.05) is 0 Å². The SMILES string of the molecule is C[C@H](O/N=C(\C(=O)NC1C(=O)N2C(C=O)=C(C[n+]3cccc(F)c3)CSC12)c1nc(N)sc1Cl)C(=O)O. The van der Waals surface area contributed by atoms with E-state index in [0.29, 0.717) is 17.6 Å². The first-order chi connectivity index (χ1) is 17.6. The number of nitrogen functional groups attached to an aromatic ring is 1. The first-order valence-electron chi connectivity index (χ1n) is 10.6. The lowest BCUT2D eigenvalue weighted by atomic mass is 10.0. The molecule has 2 unspecified atom stereocenters. The Labute approximate surface area is 221 Å². The van der Waals surface area contributed by atoms with Crippen LogP contribution in [0.4, 0.5) is 9.52 Å². The van der Waals surface area contributed by atoms with Gasteiger partial charge in [0.15, 0.2) is 35.7 Å². The minimum absolute atomic E-state index is 0.0113. The van der Waals surface area contributed by atoms with Crippen molar-refractivity contribution in [3.8, 4) is 0 Å². The van der Waals surface area contributed by atoms with Crippen molar-refractivity contribution in [1.29, 1.82) is 0 Å². The number of carboxylic acids is 1. The number of aromatic nitrogens is 2. The summed E-state index contributed by atoms with van der Waals surface area (Å²) in [4.78, 5) is 59.1. The average Bonchev–Trinajstić information content (AvgIpc) is 3.19. The van der Waals surface area contributed by atoms with E-state index in [1.165, 1.54) is 41.9 Å². The number of hydrogen-bond acceptors (Lipinski definition) is 10.